The minimum Gasteiger partial charge on any atom is -0.322 e. The molecule has 4 rings (SSSR count). The van der Waals surface area contributed by atoms with Gasteiger partial charge in [0.25, 0.3) is 11.8 Å². The average Bonchev–Trinajstić information content (AvgIpc) is 3.26. The van der Waals surface area contributed by atoms with E-state index in [0.29, 0.717) is 27.7 Å². The number of amides is 2. The van der Waals surface area contributed by atoms with Gasteiger partial charge >= 0.3 is 0 Å². The van der Waals surface area contributed by atoms with Gasteiger partial charge in [-0.25, -0.2) is 0 Å². The summed E-state index contributed by atoms with van der Waals surface area (Å²) < 4.78 is 0. The number of anilines is 2. The molecule has 0 spiro atoms. The second-order valence-electron chi connectivity index (χ2n) is 6.45. The first kappa shape index (κ1) is 20.8. The van der Waals surface area contributed by atoms with Crippen LogP contribution in [-0.4, -0.2) is 22.0 Å². The topological polar surface area (TPSA) is 84.0 Å². The van der Waals surface area contributed by atoms with Gasteiger partial charge in [-0.15, -0.1) is 22.0 Å². The van der Waals surface area contributed by atoms with Crippen LogP contribution >= 0.6 is 23.1 Å². The van der Waals surface area contributed by atoms with Crippen molar-refractivity contribution in [2.24, 2.45) is 0 Å². The van der Waals surface area contributed by atoms with E-state index >= 15 is 0 Å². The van der Waals surface area contributed by atoms with E-state index in [2.05, 4.69) is 20.8 Å². The van der Waals surface area contributed by atoms with Crippen LogP contribution in [0, 0.1) is 0 Å². The number of nitrogens with zero attached hydrogens (tertiary/aromatic N) is 2. The molecule has 0 bridgehead atoms. The van der Waals surface area contributed by atoms with Gasteiger partial charge in [0, 0.05) is 21.7 Å². The molecule has 6 nitrogen and oxygen atoms in total. The fourth-order valence-electron chi connectivity index (χ4n) is 2.69. The lowest BCUT2D eigenvalue weighted by Crippen LogP contribution is -2.13. The summed E-state index contributed by atoms with van der Waals surface area (Å²) in [6.45, 7) is 0. The predicted molar refractivity (Wildman–Crippen MR) is 125 cm³/mol. The maximum Gasteiger partial charge on any atom is 0.257 e. The third kappa shape index (κ3) is 5.78. The van der Waals surface area contributed by atoms with Crippen molar-refractivity contribution < 1.29 is 9.59 Å². The second kappa shape index (κ2) is 10.0. The van der Waals surface area contributed by atoms with Gasteiger partial charge in [-0.05, 0) is 48.5 Å². The van der Waals surface area contributed by atoms with Crippen molar-refractivity contribution in [1.82, 2.24) is 10.2 Å². The summed E-state index contributed by atoms with van der Waals surface area (Å²) in [6, 6.07) is 25.7. The smallest absolute Gasteiger partial charge is 0.257 e. The number of carbonyl (C=O) groups is 2. The summed E-state index contributed by atoms with van der Waals surface area (Å²) in [5.41, 5.74) is 1.65. The predicted octanol–water partition coefficient (Wildman–Crippen LogP) is 5.34. The Kier molecular flexibility index (Phi) is 6.71. The van der Waals surface area contributed by atoms with Crippen molar-refractivity contribution in [1.29, 1.82) is 0 Å². The van der Waals surface area contributed by atoms with E-state index in [-0.39, 0.29) is 11.8 Å². The Balaban J connectivity index is 1.31. The summed E-state index contributed by atoms with van der Waals surface area (Å²) in [4.78, 5) is 25.9. The zero-order chi connectivity index (χ0) is 21.5. The van der Waals surface area contributed by atoms with Crippen molar-refractivity contribution in [3.05, 3.63) is 101 Å². The molecule has 0 saturated heterocycles. The summed E-state index contributed by atoms with van der Waals surface area (Å²) in [5, 5.41) is 15.1. The third-order valence-electron chi connectivity index (χ3n) is 4.23. The molecule has 0 atom stereocenters. The number of benzene rings is 3. The van der Waals surface area contributed by atoms with Crippen molar-refractivity contribution in [2.75, 3.05) is 10.6 Å². The summed E-state index contributed by atoms with van der Waals surface area (Å²) in [5.74, 6) is 0.208. The first-order valence-corrected chi connectivity index (χ1v) is 11.3. The highest BCUT2D eigenvalue weighted by molar-refractivity contribution is 7.98. The second-order valence-corrected chi connectivity index (χ2v) is 8.57. The molecule has 154 valence electrons. The molecule has 4 aromatic rings. The lowest BCUT2D eigenvalue weighted by atomic mass is 10.1. The van der Waals surface area contributed by atoms with E-state index in [1.54, 1.807) is 48.2 Å². The fraction of sp³-hybridized carbons (Fsp3) is 0.0435. The van der Waals surface area contributed by atoms with Gasteiger partial charge < -0.3 is 5.32 Å². The van der Waals surface area contributed by atoms with Gasteiger partial charge in [0.1, 0.15) is 5.01 Å². The van der Waals surface area contributed by atoms with Crippen molar-refractivity contribution >= 4 is 45.7 Å². The van der Waals surface area contributed by atoms with Crippen LogP contribution in [0.4, 0.5) is 10.8 Å². The van der Waals surface area contributed by atoms with Gasteiger partial charge in [-0.1, -0.05) is 47.7 Å². The minimum atomic E-state index is -0.278. The maximum atomic E-state index is 12.5. The number of nitrogens with one attached hydrogen (secondary N) is 2. The standard InChI is InChI=1S/C23H18N4O2S2/c28-21(16-7-3-1-4-8-16)24-18-13-11-17(12-14-18)22(29)25-23-27-26-20(31-23)15-30-19-9-5-2-6-10-19/h1-14H,15H2,(H,24,28)(H,25,27,29). The molecule has 0 saturated carbocycles. The molecule has 0 aliphatic heterocycles. The Morgan fingerprint density at radius 1 is 0.742 bits per heavy atom. The Labute approximate surface area is 187 Å². The lowest BCUT2D eigenvalue weighted by Gasteiger charge is -2.06. The first-order valence-electron chi connectivity index (χ1n) is 9.45. The Hall–Kier alpha value is -3.49. The van der Waals surface area contributed by atoms with E-state index in [0.717, 1.165) is 9.90 Å². The molecule has 0 unspecified atom stereocenters. The molecular weight excluding hydrogens is 428 g/mol. The van der Waals surface area contributed by atoms with Gasteiger partial charge in [0.2, 0.25) is 5.13 Å². The van der Waals surface area contributed by atoms with Gasteiger partial charge in [-0.2, -0.15) is 0 Å². The zero-order valence-corrected chi connectivity index (χ0v) is 18.0. The van der Waals surface area contributed by atoms with Crippen LogP contribution < -0.4 is 10.6 Å². The zero-order valence-electron chi connectivity index (χ0n) is 16.3. The largest absolute Gasteiger partial charge is 0.322 e. The number of thioether (sulfide) groups is 1. The van der Waals surface area contributed by atoms with Crippen LogP contribution in [0.3, 0.4) is 0 Å². The van der Waals surface area contributed by atoms with Crippen LogP contribution in [0.5, 0.6) is 0 Å². The SMILES string of the molecule is O=C(Nc1ccc(C(=O)Nc2nnc(CSc3ccccc3)s2)cc1)c1ccccc1. The molecule has 8 heteroatoms. The normalized spacial score (nSPS) is 10.5. The van der Waals surface area contributed by atoms with Crippen LogP contribution in [0.15, 0.2) is 89.8 Å². The van der Waals surface area contributed by atoms with E-state index in [4.69, 9.17) is 0 Å². The Bertz CT molecular complexity index is 1160. The highest BCUT2D eigenvalue weighted by Gasteiger charge is 2.11. The first-order chi connectivity index (χ1) is 15.2. The monoisotopic (exact) mass is 446 g/mol. The molecule has 2 amide bonds. The van der Waals surface area contributed by atoms with Crippen molar-refractivity contribution in [3.63, 3.8) is 0 Å². The molecule has 0 aliphatic rings. The number of aromatic nitrogens is 2. The third-order valence-corrected chi connectivity index (χ3v) is 6.28. The van der Waals surface area contributed by atoms with Gasteiger partial charge in [0.05, 0.1) is 5.75 Å². The van der Waals surface area contributed by atoms with E-state index in [1.165, 1.54) is 11.3 Å². The van der Waals surface area contributed by atoms with E-state index in [1.807, 2.05) is 48.5 Å². The fourth-order valence-corrected chi connectivity index (χ4v) is 4.33. The average molecular weight is 447 g/mol. The molecule has 1 heterocycles. The maximum absolute atomic E-state index is 12.5. The molecule has 1 aromatic heterocycles. The molecule has 2 N–H and O–H groups in total. The van der Waals surface area contributed by atoms with Crippen LogP contribution in [0.2, 0.25) is 0 Å². The molecule has 0 fully saturated rings. The summed E-state index contributed by atoms with van der Waals surface area (Å²) in [6.07, 6.45) is 0. The number of carbonyl (C=O) groups excluding carboxylic acids is 2. The number of hydrogen-bond donors (Lipinski definition) is 2. The highest BCUT2D eigenvalue weighted by Crippen LogP contribution is 2.26. The van der Waals surface area contributed by atoms with Crippen LogP contribution in [0.25, 0.3) is 0 Å². The highest BCUT2D eigenvalue weighted by atomic mass is 32.2. The van der Waals surface area contributed by atoms with Crippen molar-refractivity contribution in [2.45, 2.75) is 10.6 Å². The van der Waals surface area contributed by atoms with Crippen molar-refractivity contribution in [3.8, 4) is 0 Å². The number of hydrogen-bond acceptors (Lipinski definition) is 6. The molecule has 0 aliphatic carbocycles. The van der Waals surface area contributed by atoms with Crippen LogP contribution in [0.1, 0.15) is 25.7 Å². The Morgan fingerprint density at radius 3 is 2.06 bits per heavy atom. The van der Waals surface area contributed by atoms with Crippen LogP contribution in [-0.2, 0) is 5.75 Å². The molecule has 0 radical (unpaired) electrons. The molecule has 31 heavy (non-hydrogen) atoms. The molecule has 3 aromatic carbocycles. The minimum absolute atomic E-state index is 0.201. The number of rotatable bonds is 7. The molecular formula is C23H18N4O2S2. The Morgan fingerprint density at radius 2 is 1.35 bits per heavy atom. The van der Waals surface area contributed by atoms with E-state index in [9.17, 15) is 9.59 Å². The lowest BCUT2D eigenvalue weighted by molar-refractivity contribution is 0.102. The summed E-state index contributed by atoms with van der Waals surface area (Å²) >= 11 is 3.02. The quantitative estimate of drug-likeness (QED) is 0.375. The van der Waals surface area contributed by atoms with Gasteiger partial charge in [-0.3, -0.25) is 14.9 Å². The summed E-state index contributed by atoms with van der Waals surface area (Å²) in [7, 11) is 0. The van der Waals surface area contributed by atoms with E-state index < -0.39 is 0 Å². The van der Waals surface area contributed by atoms with Gasteiger partial charge in [0.15, 0.2) is 0 Å².